The summed E-state index contributed by atoms with van der Waals surface area (Å²) in [6.45, 7) is 3.08. The van der Waals surface area contributed by atoms with E-state index in [-0.39, 0.29) is 153 Å². The second kappa shape index (κ2) is 13.6. The molecule has 23 heavy (non-hydrogen) atoms. The summed E-state index contributed by atoms with van der Waals surface area (Å²) in [6.07, 6.45) is 0. The minimum absolute atomic E-state index is 0. The van der Waals surface area contributed by atoms with Crippen molar-refractivity contribution in [2.75, 3.05) is 25.1 Å². The van der Waals surface area contributed by atoms with Gasteiger partial charge in [0.05, 0.1) is 11.4 Å². The maximum absolute atomic E-state index is 10.2. The Morgan fingerprint density at radius 2 is 1.96 bits per heavy atom. The smallest absolute Gasteiger partial charge is 0.507 e. The molecular formula is C16H24Cs2N2OS2. The molecule has 0 saturated carbocycles. The standard InChI is InChI=1S/C14H18N2OS2.2CH3.2Cs/c1-9-4-3-5-10(12(9)17)13-15-11(8-19-13)14-16(2)6-7-18-14;;;;/h3-5,11,14,17H,6-8H2,1-2H3;2*1H3;;/q;2*-1;2*+1. The molecule has 1 aromatic carbocycles. The van der Waals surface area contributed by atoms with Gasteiger partial charge in [-0.3, -0.25) is 9.89 Å². The summed E-state index contributed by atoms with van der Waals surface area (Å²) in [7, 11) is 2.17. The van der Waals surface area contributed by atoms with Crippen LogP contribution in [-0.4, -0.2) is 51.6 Å². The molecule has 1 N–H and O–H groups in total. The van der Waals surface area contributed by atoms with Crippen LogP contribution >= 0.6 is 23.5 Å². The molecule has 1 aromatic rings. The zero-order valence-corrected chi connectivity index (χ0v) is 29.4. The van der Waals surface area contributed by atoms with Crippen LogP contribution in [0, 0.1) is 21.8 Å². The Morgan fingerprint density at radius 1 is 1.26 bits per heavy atom. The third-order valence-corrected chi connectivity index (χ3v) is 6.18. The fourth-order valence-corrected chi connectivity index (χ4v) is 5.10. The number of hydrogen-bond donors (Lipinski definition) is 1. The number of para-hydroxylation sites is 1. The minimum Gasteiger partial charge on any atom is -0.507 e. The van der Waals surface area contributed by atoms with Crippen molar-refractivity contribution in [2.24, 2.45) is 4.99 Å². The van der Waals surface area contributed by atoms with Crippen molar-refractivity contribution >= 4 is 28.6 Å². The van der Waals surface area contributed by atoms with Crippen molar-refractivity contribution < 1.29 is 143 Å². The zero-order chi connectivity index (χ0) is 13.4. The van der Waals surface area contributed by atoms with Gasteiger partial charge in [-0.2, -0.15) is 0 Å². The van der Waals surface area contributed by atoms with Gasteiger partial charge in [0.1, 0.15) is 10.8 Å². The van der Waals surface area contributed by atoms with E-state index in [1.807, 2.05) is 36.9 Å². The number of aromatic hydroxyl groups is 1. The second-order valence-corrected chi connectivity index (χ2v) is 7.26. The van der Waals surface area contributed by atoms with Crippen molar-refractivity contribution in [3.63, 3.8) is 0 Å². The molecule has 2 unspecified atom stereocenters. The van der Waals surface area contributed by atoms with Gasteiger partial charge in [0.2, 0.25) is 0 Å². The number of rotatable bonds is 2. The first-order chi connectivity index (χ1) is 9.16. The molecule has 2 aliphatic heterocycles. The first-order valence-corrected chi connectivity index (χ1v) is 8.51. The molecule has 118 valence electrons. The van der Waals surface area contributed by atoms with Crippen LogP contribution in [-0.2, 0) is 0 Å². The topological polar surface area (TPSA) is 35.8 Å². The van der Waals surface area contributed by atoms with Crippen LogP contribution in [0.25, 0.3) is 0 Å². The van der Waals surface area contributed by atoms with E-state index in [1.165, 1.54) is 5.75 Å². The van der Waals surface area contributed by atoms with Gasteiger partial charge in [0.15, 0.2) is 0 Å². The Labute approximate surface area is 267 Å². The van der Waals surface area contributed by atoms with Gasteiger partial charge in [-0.15, -0.1) is 23.5 Å². The zero-order valence-electron chi connectivity index (χ0n) is 15.2. The van der Waals surface area contributed by atoms with Crippen LogP contribution in [0.3, 0.4) is 0 Å². The van der Waals surface area contributed by atoms with Crippen LogP contribution in [0.15, 0.2) is 23.2 Å². The van der Waals surface area contributed by atoms with E-state index in [0.29, 0.717) is 17.2 Å². The molecule has 0 bridgehead atoms. The maximum Gasteiger partial charge on any atom is 1.00 e. The summed E-state index contributed by atoms with van der Waals surface area (Å²) >= 11 is 3.76. The third-order valence-electron chi connectivity index (χ3n) is 3.64. The predicted octanol–water partition coefficient (Wildman–Crippen LogP) is -2.52. The Morgan fingerprint density at radius 3 is 2.57 bits per heavy atom. The fraction of sp³-hybridized carbons (Fsp3) is 0.438. The molecular weight excluding hydrogens is 566 g/mol. The first-order valence-electron chi connectivity index (χ1n) is 6.48. The number of benzene rings is 1. The third kappa shape index (κ3) is 7.09. The van der Waals surface area contributed by atoms with E-state index < -0.39 is 0 Å². The van der Waals surface area contributed by atoms with Gasteiger partial charge >= 0.3 is 138 Å². The van der Waals surface area contributed by atoms with Gasteiger partial charge in [0.25, 0.3) is 0 Å². The maximum atomic E-state index is 10.2. The molecule has 7 heteroatoms. The van der Waals surface area contributed by atoms with Crippen molar-refractivity contribution in [1.82, 2.24) is 4.90 Å². The Hall–Kier alpha value is 3.45. The van der Waals surface area contributed by atoms with Gasteiger partial charge in [-0.1, -0.05) is 12.1 Å². The Balaban J connectivity index is 0. The summed E-state index contributed by atoms with van der Waals surface area (Å²) in [5, 5.41) is 11.6. The minimum atomic E-state index is 0. The molecule has 0 amide bonds. The number of phenolic OH excluding ortho intramolecular Hbond substituents is 1. The van der Waals surface area contributed by atoms with E-state index in [4.69, 9.17) is 4.99 Å². The molecule has 3 nitrogen and oxygen atoms in total. The summed E-state index contributed by atoms with van der Waals surface area (Å²) in [5.74, 6) is 2.59. The average molecular weight is 590 g/mol. The molecule has 3 rings (SSSR count). The second-order valence-electron chi connectivity index (χ2n) is 5.03. The molecule has 0 aliphatic carbocycles. The van der Waals surface area contributed by atoms with Gasteiger partial charge in [-0.25, -0.2) is 0 Å². The van der Waals surface area contributed by atoms with Crippen molar-refractivity contribution in [3.05, 3.63) is 44.2 Å². The predicted molar refractivity (Wildman–Crippen MR) is 97.3 cm³/mol. The molecule has 0 radical (unpaired) electrons. The van der Waals surface area contributed by atoms with Gasteiger partial charge in [0, 0.05) is 23.6 Å². The van der Waals surface area contributed by atoms with E-state index in [0.717, 1.165) is 28.5 Å². The number of aryl methyl sites for hydroxylation is 1. The molecule has 0 spiro atoms. The molecule has 2 heterocycles. The largest absolute Gasteiger partial charge is 1.00 e. The monoisotopic (exact) mass is 590 g/mol. The Kier molecular flexibility index (Phi) is 16.9. The quantitative estimate of drug-likeness (QED) is 0.386. The normalized spacial score (nSPS) is 23.0. The SMILES string of the molecule is Cc1cccc(C2=NC(C3SCCN3C)CS2)c1O.[CH3-].[CH3-].[Cs+].[Cs+]. The number of thioether (sulfide) groups is 2. The molecule has 2 atom stereocenters. The number of nitrogens with zero attached hydrogens (tertiary/aromatic N) is 2. The van der Waals surface area contributed by atoms with E-state index in [1.54, 1.807) is 11.8 Å². The van der Waals surface area contributed by atoms with Crippen molar-refractivity contribution in [2.45, 2.75) is 18.3 Å². The van der Waals surface area contributed by atoms with Gasteiger partial charge in [-0.05, 0) is 25.6 Å². The Bertz CT molecular complexity index is 529. The van der Waals surface area contributed by atoms with Crippen LogP contribution < -0.4 is 138 Å². The first kappa shape index (κ1) is 28.7. The summed E-state index contributed by atoms with van der Waals surface area (Å²) in [4.78, 5) is 7.24. The molecule has 1 fully saturated rings. The van der Waals surface area contributed by atoms with Crippen molar-refractivity contribution in [3.8, 4) is 5.75 Å². The van der Waals surface area contributed by atoms with Crippen LogP contribution in [0.2, 0.25) is 0 Å². The molecule has 0 aromatic heterocycles. The number of hydrogen-bond acceptors (Lipinski definition) is 5. The number of aliphatic imine (C=N–C) groups is 1. The van der Waals surface area contributed by atoms with Crippen LogP contribution in [0.1, 0.15) is 11.1 Å². The molecule has 2 aliphatic rings. The summed E-state index contributed by atoms with van der Waals surface area (Å²) < 4.78 is 0. The van der Waals surface area contributed by atoms with E-state index in [2.05, 4.69) is 11.9 Å². The number of likely N-dealkylation sites (N-methyl/N-ethyl adjacent to an activating group) is 1. The fourth-order valence-electron chi connectivity index (χ4n) is 2.49. The van der Waals surface area contributed by atoms with E-state index >= 15 is 0 Å². The average Bonchev–Trinajstić information content (AvgIpc) is 3.01. The van der Waals surface area contributed by atoms with Crippen molar-refractivity contribution in [1.29, 1.82) is 0 Å². The van der Waals surface area contributed by atoms with Gasteiger partial charge < -0.3 is 20.0 Å². The summed E-state index contributed by atoms with van der Waals surface area (Å²) in [5.41, 5.74) is 1.80. The number of phenols is 1. The van der Waals surface area contributed by atoms with Crippen LogP contribution in [0.4, 0.5) is 0 Å². The molecule has 1 saturated heterocycles. The van der Waals surface area contributed by atoms with Crippen LogP contribution in [0.5, 0.6) is 5.75 Å². The summed E-state index contributed by atoms with van der Waals surface area (Å²) in [6, 6.07) is 6.22. The van der Waals surface area contributed by atoms with E-state index in [9.17, 15) is 5.11 Å².